The van der Waals surface area contributed by atoms with Gasteiger partial charge in [-0.25, -0.2) is 4.39 Å². The summed E-state index contributed by atoms with van der Waals surface area (Å²) in [5.41, 5.74) is 3.14. The summed E-state index contributed by atoms with van der Waals surface area (Å²) >= 11 is 0. The molecule has 3 aromatic carbocycles. The lowest BCUT2D eigenvalue weighted by Gasteiger charge is -2.29. The summed E-state index contributed by atoms with van der Waals surface area (Å²) < 4.78 is 25.0. The molecule has 1 amide bonds. The maximum absolute atomic E-state index is 13.7. The zero-order valence-electron chi connectivity index (χ0n) is 22.5. The third kappa shape index (κ3) is 6.24. The molecule has 2 aliphatic heterocycles. The molecule has 0 unspecified atom stereocenters. The van der Waals surface area contributed by atoms with Gasteiger partial charge in [0.25, 0.3) is 11.7 Å². The van der Waals surface area contributed by atoms with Gasteiger partial charge in [-0.15, -0.1) is 0 Å². The molecule has 0 bridgehead atoms. The van der Waals surface area contributed by atoms with Crippen LogP contribution in [0.3, 0.4) is 0 Å². The fourth-order valence-electron chi connectivity index (χ4n) is 5.22. The number of rotatable bonds is 9. The Morgan fingerprint density at radius 1 is 1.00 bits per heavy atom. The standard InChI is InChI=1S/C32H33FN2O5/c1-22-4-2-5-23(20-22)21-40-27-12-8-25(9-13-27)30(36)28-29(24-6-10-26(33)11-7-24)35(32(38)31(28)37)15-3-14-34-16-18-39-19-17-34/h2,4-13,20,29,36H,3,14-19,21H2,1H3/b30-28+/t29-/m1/s1. The molecule has 7 nitrogen and oxygen atoms in total. The fraction of sp³-hybridized carbons (Fsp3) is 0.312. The molecule has 1 N–H and O–H groups in total. The first-order chi connectivity index (χ1) is 19.4. The van der Waals surface area contributed by atoms with Crippen LogP contribution in [0.15, 0.2) is 78.4 Å². The van der Waals surface area contributed by atoms with Crippen LogP contribution in [0.1, 0.15) is 34.7 Å². The molecule has 1 atom stereocenters. The normalized spacial score (nSPS) is 19.2. The Balaban J connectivity index is 1.38. The second-order valence-corrected chi connectivity index (χ2v) is 10.2. The van der Waals surface area contributed by atoms with Crippen molar-refractivity contribution in [3.8, 4) is 5.75 Å². The average molecular weight is 545 g/mol. The molecule has 5 rings (SSSR count). The fourth-order valence-corrected chi connectivity index (χ4v) is 5.22. The first-order valence-corrected chi connectivity index (χ1v) is 13.5. The highest BCUT2D eigenvalue weighted by Gasteiger charge is 2.45. The lowest BCUT2D eigenvalue weighted by atomic mass is 9.95. The van der Waals surface area contributed by atoms with E-state index in [-0.39, 0.29) is 11.3 Å². The Kier molecular flexibility index (Phi) is 8.57. The number of carbonyl (C=O) groups excluding carboxylic acids is 2. The lowest BCUT2D eigenvalue weighted by molar-refractivity contribution is -0.140. The van der Waals surface area contributed by atoms with Gasteiger partial charge in [0.05, 0.1) is 24.8 Å². The molecule has 0 aromatic heterocycles. The predicted octanol–water partition coefficient (Wildman–Crippen LogP) is 4.86. The first kappa shape index (κ1) is 27.6. The smallest absolute Gasteiger partial charge is 0.295 e. The Morgan fingerprint density at radius 3 is 2.42 bits per heavy atom. The number of aliphatic hydroxyl groups excluding tert-OH is 1. The van der Waals surface area contributed by atoms with Gasteiger partial charge in [-0.3, -0.25) is 14.5 Å². The van der Waals surface area contributed by atoms with Gasteiger partial charge < -0.3 is 19.5 Å². The molecule has 40 heavy (non-hydrogen) atoms. The topological polar surface area (TPSA) is 79.3 Å². The van der Waals surface area contributed by atoms with E-state index in [2.05, 4.69) is 11.0 Å². The second kappa shape index (κ2) is 12.4. The predicted molar refractivity (Wildman–Crippen MR) is 149 cm³/mol. The van der Waals surface area contributed by atoms with Crippen molar-refractivity contribution in [3.63, 3.8) is 0 Å². The highest BCUT2D eigenvalue weighted by Crippen LogP contribution is 2.39. The Morgan fingerprint density at radius 2 is 1.73 bits per heavy atom. The number of halogens is 1. The molecule has 2 aliphatic rings. The summed E-state index contributed by atoms with van der Waals surface area (Å²) in [5.74, 6) is -1.51. The summed E-state index contributed by atoms with van der Waals surface area (Å²) in [6.45, 7) is 6.50. The van der Waals surface area contributed by atoms with Gasteiger partial charge in [0, 0.05) is 31.7 Å². The van der Waals surface area contributed by atoms with Gasteiger partial charge in [0.1, 0.15) is 23.9 Å². The monoisotopic (exact) mass is 544 g/mol. The van der Waals surface area contributed by atoms with Crippen molar-refractivity contribution in [1.82, 2.24) is 9.80 Å². The number of amides is 1. The molecule has 3 aromatic rings. The quantitative estimate of drug-likeness (QED) is 0.236. The highest BCUT2D eigenvalue weighted by molar-refractivity contribution is 6.46. The van der Waals surface area contributed by atoms with Crippen molar-refractivity contribution < 1.29 is 28.6 Å². The van der Waals surface area contributed by atoms with Crippen LogP contribution in [0, 0.1) is 12.7 Å². The number of nitrogens with zero attached hydrogens (tertiary/aromatic N) is 2. The maximum Gasteiger partial charge on any atom is 0.295 e. The zero-order valence-corrected chi connectivity index (χ0v) is 22.5. The average Bonchev–Trinajstić information content (AvgIpc) is 3.22. The summed E-state index contributed by atoms with van der Waals surface area (Å²) in [4.78, 5) is 30.2. The maximum atomic E-state index is 13.7. The largest absolute Gasteiger partial charge is 0.507 e. The third-order valence-electron chi connectivity index (χ3n) is 7.32. The molecule has 8 heteroatoms. The van der Waals surface area contributed by atoms with Crippen molar-refractivity contribution in [1.29, 1.82) is 0 Å². The van der Waals surface area contributed by atoms with Crippen LogP contribution in [0.4, 0.5) is 4.39 Å². The van der Waals surface area contributed by atoms with Gasteiger partial charge in [0.2, 0.25) is 0 Å². The van der Waals surface area contributed by atoms with E-state index in [4.69, 9.17) is 9.47 Å². The van der Waals surface area contributed by atoms with E-state index in [1.165, 1.54) is 17.0 Å². The minimum absolute atomic E-state index is 0.00332. The molecule has 2 fully saturated rings. The summed E-state index contributed by atoms with van der Waals surface area (Å²) in [5, 5.41) is 11.3. The van der Waals surface area contributed by atoms with E-state index >= 15 is 0 Å². The molecule has 0 spiro atoms. The molecule has 2 saturated heterocycles. The van der Waals surface area contributed by atoms with E-state index in [0.29, 0.717) is 49.7 Å². The number of ether oxygens (including phenoxy) is 2. The van der Waals surface area contributed by atoms with Gasteiger partial charge in [-0.05, 0) is 60.9 Å². The Labute approximate surface area is 233 Å². The zero-order chi connectivity index (χ0) is 28.1. The van der Waals surface area contributed by atoms with Crippen LogP contribution in [0.25, 0.3) is 5.76 Å². The van der Waals surface area contributed by atoms with E-state index in [1.54, 1.807) is 36.4 Å². The Hall–Kier alpha value is -4.01. The van der Waals surface area contributed by atoms with E-state index in [0.717, 1.165) is 30.8 Å². The number of hydrogen-bond donors (Lipinski definition) is 1. The van der Waals surface area contributed by atoms with Crippen LogP contribution >= 0.6 is 0 Å². The SMILES string of the molecule is Cc1cccc(COc2ccc(/C(O)=C3\C(=O)C(=O)N(CCCN4CCOCC4)[C@@H]3c3ccc(F)cc3)cc2)c1. The third-order valence-corrected chi connectivity index (χ3v) is 7.32. The Bertz CT molecular complexity index is 1380. The molecule has 0 saturated carbocycles. The minimum Gasteiger partial charge on any atom is -0.507 e. The van der Waals surface area contributed by atoms with Crippen molar-refractivity contribution in [3.05, 3.63) is 106 Å². The van der Waals surface area contributed by atoms with Crippen LogP contribution in [0.2, 0.25) is 0 Å². The number of hydrogen-bond acceptors (Lipinski definition) is 6. The number of aliphatic hydroxyl groups is 1. The second-order valence-electron chi connectivity index (χ2n) is 10.2. The number of Topliss-reactive ketones (excluding diaryl/α,β-unsaturated/α-hetero) is 1. The molecule has 208 valence electrons. The lowest BCUT2D eigenvalue weighted by Crippen LogP contribution is -2.38. The van der Waals surface area contributed by atoms with Crippen molar-refractivity contribution in [2.24, 2.45) is 0 Å². The van der Waals surface area contributed by atoms with Crippen LogP contribution < -0.4 is 4.74 Å². The molecular weight excluding hydrogens is 511 g/mol. The number of benzene rings is 3. The van der Waals surface area contributed by atoms with Gasteiger partial charge in [0.15, 0.2) is 0 Å². The first-order valence-electron chi connectivity index (χ1n) is 13.5. The van der Waals surface area contributed by atoms with Crippen LogP contribution in [-0.4, -0.2) is 66.0 Å². The van der Waals surface area contributed by atoms with Crippen LogP contribution in [-0.2, 0) is 20.9 Å². The van der Waals surface area contributed by atoms with Gasteiger partial charge in [-0.2, -0.15) is 0 Å². The number of morpholine rings is 1. The summed E-state index contributed by atoms with van der Waals surface area (Å²) in [6.07, 6.45) is 0.651. The van der Waals surface area contributed by atoms with Crippen molar-refractivity contribution >= 4 is 17.4 Å². The van der Waals surface area contributed by atoms with E-state index in [9.17, 15) is 19.1 Å². The molecule has 2 heterocycles. The minimum atomic E-state index is -0.817. The molecule has 0 radical (unpaired) electrons. The number of aryl methyl sites for hydroxylation is 1. The van der Waals surface area contributed by atoms with Crippen molar-refractivity contribution in [2.75, 3.05) is 39.4 Å². The number of likely N-dealkylation sites (tertiary alicyclic amines) is 1. The van der Waals surface area contributed by atoms with E-state index in [1.807, 2.05) is 25.1 Å². The molecule has 0 aliphatic carbocycles. The van der Waals surface area contributed by atoms with Gasteiger partial charge >= 0.3 is 0 Å². The highest BCUT2D eigenvalue weighted by atomic mass is 19.1. The number of ketones is 1. The van der Waals surface area contributed by atoms with Crippen LogP contribution in [0.5, 0.6) is 5.75 Å². The van der Waals surface area contributed by atoms with Crippen molar-refractivity contribution in [2.45, 2.75) is 26.0 Å². The van der Waals surface area contributed by atoms with Gasteiger partial charge in [-0.1, -0.05) is 42.0 Å². The molecular formula is C32H33FN2O5. The number of carbonyl (C=O) groups is 2. The van der Waals surface area contributed by atoms with E-state index < -0.39 is 23.5 Å². The summed E-state index contributed by atoms with van der Waals surface area (Å²) in [6, 6.07) is 19.7. The summed E-state index contributed by atoms with van der Waals surface area (Å²) in [7, 11) is 0.